The Hall–Kier alpha value is -2.57. The molecule has 0 unspecified atom stereocenters. The Balaban J connectivity index is 1.83. The van der Waals surface area contributed by atoms with Gasteiger partial charge in [-0.2, -0.15) is 0 Å². The van der Waals surface area contributed by atoms with Crippen LogP contribution in [-0.2, 0) is 6.61 Å². The lowest BCUT2D eigenvalue weighted by Gasteiger charge is -2.13. The Labute approximate surface area is 184 Å². The third-order valence-electron chi connectivity index (χ3n) is 4.47. The number of fused-ring (bicyclic) bond motifs is 1. The zero-order chi connectivity index (χ0) is 20.4. The monoisotopic (exact) mass is 514 g/mol. The number of methoxy groups -OCH3 is 1. The zero-order valence-corrected chi connectivity index (χ0v) is 18.6. The van der Waals surface area contributed by atoms with Crippen molar-refractivity contribution in [3.05, 3.63) is 91.5 Å². The second-order valence-corrected chi connectivity index (χ2v) is 8.12. The van der Waals surface area contributed by atoms with Gasteiger partial charge in [-0.15, -0.1) is 0 Å². The quantitative estimate of drug-likeness (QED) is 0.301. The first-order chi connectivity index (χ1) is 14.1. The molecule has 146 valence electrons. The molecule has 3 aromatic carbocycles. The average Bonchev–Trinajstić information content (AvgIpc) is 2.74. The molecule has 0 bridgehead atoms. The van der Waals surface area contributed by atoms with Crippen LogP contribution in [0.1, 0.15) is 5.56 Å². The van der Waals surface area contributed by atoms with Gasteiger partial charge in [0.25, 0.3) is 0 Å². The molecule has 0 amide bonds. The van der Waals surface area contributed by atoms with Gasteiger partial charge in [0.15, 0.2) is 5.76 Å². The Morgan fingerprint density at radius 1 is 0.966 bits per heavy atom. The molecule has 4 aromatic rings. The minimum absolute atomic E-state index is 0.184. The van der Waals surface area contributed by atoms with Gasteiger partial charge in [-0.3, -0.25) is 4.79 Å². The minimum Gasteiger partial charge on any atom is -0.496 e. The fraction of sp³-hybridized carbons (Fsp3) is 0.0870. The molecular formula is C23H16Br2O4. The predicted molar refractivity (Wildman–Crippen MR) is 121 cm³/mol. The van der Waals surface area contributed by atoms with Gasteiger partial charge in [-0.05, 0) is 64.0 Å². The van der Waals surface area contributed by atoms with Crippen molar-refractivity contribution in [1.29, 1.82) is 0 Å². The van der Waals surface area contributed by atoms with E-state index in [-0.39, 0.29) is 17.8 Å². The van der Waals surface area contributed by atoms with Gasteiger partial charge in [-0.25, -0.2) is 0 Å². The smallest absolute Gasteiger partial charge is 0.235 e. The van der Waals surface area contributed by atoms with E-state index in [1.165, 1.54) is 0 Å². The van der Waals surface area contributed by atoms with Crippen molar-refractivity contribution in [2.45, 2.75) is 6.61 Å². The summed E-state index contributed by atoms with van der Waals surface area (Å²) in [5.74, 6) is 1.26. The summed E-state index contributed by atoms with van der Waals surface area (Å²) in [6.45, 7) is 0.251. The van der Waals surface area contributed by atoms with Crippen LogP contribution < -0.4 is 14.9 Å². The van der Waals surface area contributed by atoms with E-state index in [1.54, 1.807) is 25.3 Å². The van der Waals surface area contributed by atoms with Crippen LogP contribution in [0.25, 0.3) is 22.3 Å². The van der Waals surface area contributed by atoms with Crippen LogP contribution in [0.15, 0.2) is 84.9 Å². The number of hydrogen-bond acceptors (Lipinski definition) is 4. The van der Waals surface area contributed by atoms with Gasteiger partial charge in [0, 0.05) is 10.0 Å². The van der Waals surface area contributed by atoms with Gasteiger partial charge in [0.2, 0.25) is 11.2 Å². The van der Waals surface area contributed by atoms with Crippen molar-refractivity contribution in [3.8, 4) is 22.8 Å². The molecule has 1 aromatic heterocycles. The maximum Gasteiger partial charge on any atom is 0.235 e. The molecule has 0 aliphatic carbocycles. The second kappa shape index (κ2) is 8.43. The molecule has 29 heavy (non-hydrogen) atoms. The van der Waals surface area contributed by atoms with Crippen LogP contribution in [0.3, 0.4) is 0 Å². The number of benzene rings is 3. The molecule has 0 N–H and O–H groups in total. The van der Waals surface area contributed by atoms with Crippen molar-refractivity contribution in [2.75, 3.05) is 7.11 Å². The van der Waals surface area contributed by atoms with Crippen LogP contribution in [0, 0.1) is 0 Å². The fourth-order valence-corrected chi connectivity index (χ4v) is 3.79. The molecule has 0 saturated carbocycles. The molecule has 0 fully saturated rings. The van der Waals surface area contributed by atoms with Crippen molar-refractivity contribution < 1.29 is 13.9 Å². The first kappa shape index (κ1) is 19.7. The lowest BCUT2D eigenvalue weighted by Crippen LogP contribution is -2.10. The summed E-state index contributed by atoms with van der Waals surface area (Å²) >= 11 is 6.91. The molecule has 4 nitrogen and oxygen atoms in total. The Kier molecular flexibility index (Phi) is 5.74. The van der Waals surface area contributed by atoms with Crippen LogP contribution >= 0.6 is 31.9 Å². The molecule has 1 heterocycles. The maximum atomic E-state index is 13.2. The standard InChI is InChI=1S/C23H16Br2O4/c1-27-20-11-8-15(12-18(20)25)22-23(28-13-14-6-9-16(24)10-7-14)21(26)17-4-2-3-5-19(17)29-22/h2-12H,13H2,1H3. The summed E-state index contributed by atoms with van der Waals surface area (Å²) in [4.78, 5) is 13.2. The molecule has 0 spiro atoms. The van der Waals surface area contributed by atoms with Gasteiger partial charge in [-0.1, -0.05) is 40.2 Å². The number of ether oxygens (including phenoxy) is 2. The number of halogens is 2. The Morgan fingerprint density at radius 2 is 1.72 bits per heavy atom. The van der Waals surface area contributed by atoms with Gasteiger partial charge in [0.1, 0.15) is 17.9 Å². The molecule has 0 radical (unpaired) electrons. The molecule has 4 rings (SSSR count). The number of para-hydroxylation sites is 1. The summed E-state index contributed by atoms with van der Waals surface area (Å²) in [5, 5.41) is 0.481. The highest BCUT2D eigenvalue weighted by molar-refractivity contribution is 9.10. The highest BCUT2D eigenvalue weighted by atomic mass is 79.9. The minimum atomic E-state index is -0.203. The van der Waals surface area contributed by atoms with Crippen molar-refractivity contribution in [1.82, 2.24) is 0 Å². The van der Waals surface area contributed by atoms with Crippen molar-refractivity contribution in [3.63, 3.8) is 0 Å². The Bertz CT molecular complexity index is 1230. The van der Waals surface area contributed by atoms with Crippen LogP contribution in [-0.4, -0.2) is 7.11 Å². The van der Waals surface area contributed by atoms with Crippen LogP contribution in [0.2, 0.25) is 0 Å². The zero-order valence-electron chi connectivity index (χ0n) is 15.4. The van der Waals surface area contributed by atoms with E-state index in [4.69, 9.17) is 13.9 Å². The van der Waals surface area contributed by atoms with E-state index in [0.717, 1.165) is 14.5 Å². The van der Waals surface area contributed by atoms with Crippen LogP contribution in [0.5, 0.6) is 11.5 Å². The topological polar surface area (TPSA) is 48.7 Å². The highest BCUT2D eigenvalue weighted by Crippen LogP contribution is 2.35. The third kappa shape index (κ3) is 4.09. The third-order valence-corrected chi connectivity index (χ3v) is 5.61. The van der Waals surface area contributed by atoms with E-state index < -0.39 is 0 Å². The van der Waals surface area contributed by atoms with Crippen LogP contribution in [0.4, 0.5) is 0 Å². The van der Waals surface area contributed by atoms with Gasteiger partial charge in [0.05, 0.1) is 17.0 Å². The molecule has 0 aliphatic heterocycles. The van der Waals surface area contributed by atoms with Gasteiger partial charge < -0.3 is 13.9 Å². The molecule has 6 heteroatoms. The van der Waals surface area contributed by atoms with E-state index in [1.807, 2.05) is 48.5 Å². The highest BCUT2D eigenvalue weighted by Gasteiger charge is 2.19. The van der Waals surface area contributed by atoms with E-state index in [0.29, 0.717) is 28.0 Å². The first-order valence-electron chi connectivity index (χ1n) is 8.84. The largest absolute Gasteiger partial charge is 0.496 e. The predicted octanol–water partition coefficient (Wildman–Crippen LogP) is 6.57. The van der Waals surface area contributed by atoms with E-state index >= 15 is 0 Å². The average molecular weight is 516 g/mol. The molecule has 0 saturated heterocycles. The van der Waals surface area contributed by atoms with Gasteiger partial charge >= 0.3 is 0 Å². The lowest BCUT2D eigenvalue weighted by atomic mass is 10.1. The summed E-state index contributed by atoms with van der Waals surface area (Å²) in [5.41, 5.74) is 1.97. The van der Waals surface area contributed by atoms with E-state index in [9.17, 15) is 4.79 Å². The summed E-state index contributed by atoms with van der Waals surface area (Å²) in [7, 11) is 1.60. The summed E-state index contributed by atoms with van der Waals surface area (Å²) in [6, 6.07) is 20.4. The summed E-state index contributed by atoms with van der Waals surface area (Å²) in [6.07, 6.45) is 0. The second-order valence-electron chi connectivity index (χ2n) is 6.35. The number of hydrogen-bond donors (Lipinski definition) is 0. The lowest BCUT2D eigenvalue weighted by molar-refractivity contribution is 0.298. The molecule has 0 atom stereocenters. The molecular weight excluding hydrogens is 500 g/mol. The Morgan fingerprint density at radius 3 is 2.45 bits per heavy atom. The van der Waals surface area contributed by atoms with Crippen molar-refractivity contribution in [2.24, 2.45) is 0 Å². The number of rotatable bonds is 5. The summed E-state index contributed by atoms with van der Waals surface area (Å²) < 4.78 is 19.1. The fourth-order valence-electron chi connectivity index (χ4n) is 2.99. The normalized spacial score (nSPS) is 10.9. The van der Waals surface area contributed by atoms with Crippen molar-refractivity contribution >= 4 is 42.8 Å². The first-order valence-corrected chi connectivity index (χ1v) is 10.4. The maximum absolute atomic E-state index is 13.2. The van der Waals surface area contributed by atoms with E-state index in [2.05, 4.69) is 31.9 Å². The SMILES string of the molecule is COc1ccc(-c2oc3ccccc3c(=O)c2OCc2ccc(Br)cc2)cc1Br. The molecule has 0 aliphatic rings.